The van der Waals surface area contributed by atoms with E-state index in [1.807, 2.05) is 6.92 Å². The minimum absolute atomic E-state index is 0.0455. The van der Waals surface area contributed by atoms with Gasteiger partial charge in [0, 0.05) is 26.0 Å². The predicted molar refractivity (Wildman–Crippen MR) is 82.4 cm³/mol. The predicted octanol–water partition coefficient (Wildman–Crippen LogP) is 1.10. The lowest BCUT2D eigenvalue weighted by Gasteiger charge is -2.16. The van der Waals surface area contributed by atoms with Crippen molar-refractivity contribution in [3.8, 4) is 5.82 Å². The Balaban J connectivity index is 2.66. The van der Waals surface area contributed by atoms with Crippen molar-refractivity contribution in [1.82, 2.24) is 14.8 Å². The van der Waals surface area contributed by atoms with Crippen LogP contribution in [0, 0.1) is 0 Å². The van der Waals surface area contributed by atoms with Crippen LogP contribution in [0.5, 0.6) is 0 Å². The number of hydrogen-bond donors (Lipinski definition) is 1. The molecule has 8 heteroatoms. The Morgan fingerprint density at radius 2 is 2.10 bits per heavy atom. The first-order valence-corrected chi connectivity index (χ1v) is 8.46. The minimum Gasteiger partial charge on any atom is -0.382 e. The molecule has 0 aliphatic heterocycles. The molecule has 0 unspecified atom stereocenters. The SMILES string of the molecule is CCCN(C)c1nn(-c2ccccn2)c(N)c1S(C)(=O)=O. The summed E-state index contributed by atoms with van der Waals surface area (Å²) in [5.74, 6) is 0.910. The van der Waals surface area contributed by atoms with Crippen LogP contribution in [0.2, 0.25) is 0 Å². The zero-order valence-corrected chi connectivity index (χ0v) is 13.1. The van der Waals surface area contributed by atoms with Crippen molar-refractivity contribution in [3.63, 3.8) is 0 Å². The van der Waals surface area contributed by atoms with Crippen molar-refractivity contribution in [3.05, 3.63) is 24.4 Å². The van der Waals surface area contributed by atoms with Crippen LogP contribution >= 0.6 is 0 Å². The second kappa shape index (κ2) is 5.72. The molecule has 0 atom stereocenters. The van der Waals surface area contributed by atoms with Crippen LogP contribution < -0.4 is 10.6 Å². The number of hydrogen-bond acceptors (Lipinski definition) is 6. The number of nitrogens with two attached hydrogens (primary N) is 1. The molecule has 0 bridgehead atoms. The zero-order valence-electron chi connectivity index (χ0n) is 12.3. The summed E-state index contributed by atoms with van der Waals surface area (Å²) < 4.78 is 25.5. The van der Waals surface area contributed by atoms with Gasteiger partial charge in [-0.1, -0.05) is 13.0 Å². The van der Waals surface area contributed by atoms with Crippen molar-refractivity contribution in [2.75, 3.05) is 30.5 Å². The summed E-state index contributed by atoms with van der Waals surface area (Å²) in [5.41, 5.74) is 6.01. The highest BCUT2D eigenvalue weighted by Gasteiger charge is 2.27. The lowest BCUT2D eigenvalue weighted by atomic mass is 10.4. The highest BCUT2D eigenvalue weighted by molar-refractivity contribution is 7.91. The molecule has 0 aromatic carbocycles. The van der Waals surface area contributed by atoms with E-state index in [1.165, 1.54) is 4.68 Å². The molecule has 2 N–H and O–H groups in total. The maximum atomic E-state index is 12.0. The summed E-state index contributed by atoms with van der Waals surface area (Å²) in [6.07, 6.45) is 3.61. The Labute approximate surface area is 124 Å². The van der Waals surface area contributed by atoms with E-state index >= 15 is 0 Å². The molecule has 0 amide bonds. The highest BCUT2D eigenvalue weighted by atomic mass is 32.2. The average molecular weight is 309 g/mol. The van der Waals surface area contributed by atoms with Crippen LogP contribution in [0.1, 0.15) is 13.3 Å². The van der Waals surface area contributed by atoms with Crippen molar-refractivity contribution in [2.24, 2.45) is 0 Å². The molecule has 114 valence electrons. The van der Waals surface area contributed by atoms with Gasteiger partial charge in [-0.25, -0.2) is 13.4 Å². The zero-order chi connectivity index (χ0) is 15.6. The smallest absolute Gasteiger partial charge is 0.182 e. The summed E-state index contributed by atoms with van der Waals surface area (Å²) >= 11 is 0. The molecule has 2 aromatic rings. The summed E-state index contributed by atoms with van der Waals surface area (Å²) in [4.78, 5) is 5.99. The van der Waals surface area contributed by atoms with Gasteiger partial charge in [-0.15, -0.1) is 5.10 Å². The van der Waals surface area contributed by atoms with Gasteiger partial charge >= 0.3 is 0 Å². The molecule has 0 spiro atoms. The van der Waals surface area contributed by atoms with E-state index in [4.69, 9.17) is 5.73 Å². The van der Waals surface area contributed by atoms with E-state index < -0.39 is 9.84 Å². The van der Waals surface area contributed by atoms with Crippen LogP contribution in [0.25, 0.3) is 5.82 Å². The van der Waals surface area contributed by atoms with E-state index in [-0.39, 0.29) is 10.7 Å². The third-order valence-electron chi connectivity index (χ3n) is 3.02. The topological polar surface area (TPSA) is 94.1 Å². The Kier molecular flexibility index (Phi) is 4.17. The number of pyridine rings is 1. The molecule has 0 saturated heterocycles. The Hall–Kier alpha value is -2.09. The van der Waals surface area contributed by atoms with Gasteiger partial charge in [0.15, 0.2) is 26.4 Å². The van der Waals surface area contributed by atoms with E-state index in [1.54, 1.807) is 36.3 Å². The molecule has 0 fully saturated rings. The monoisotopic (exact) mass is 309 g/mol. The Morgan fingerprint density at radius 3 is 2.62 bits per heavy atom. The van der Waals surface area contributed by atoms with Gasteiger partial charge < -0.3 is 10.6 Å². The molecular weight excluding hydrogens is 290 g/mol. The number of anilines is 2. The Morgan fingerprint density at radius 1 is 1.38 bits per heavy atom. The van der Waals surface area contributed by atoms with Crippen LogP contribution in [-0.2, 0) is 9.84 Å². The quantitative estimate of drug-likeness (QED) is 0.889. The summed E-state index contributed by atoms with van der Waals surface area (Å²) in [6.45, 7) is 2.69. The van der Waals surface area contributed by atoms with E-state index in [9.17, 15) is 8.42 Å². The van der Waals surface area contributed by atoms with Gasteiger partial charge in [-0.3, -0.25) is 0 Å². The Bertz CT molecular complexity index is 725. The largest absolute Gasteiger partial charge is 0.382 e. The van der Waals surface area contributed by atoms with Gasteiger partial charge in [0.05, 0.1) is 0 Å². The van der Waals surface area contributed by atoms with Gasteiger partial charge in [-0.05, 0) is 18.6 Å². The van der Waals surface area contributed by atoms with Gasteiger partial charge in [-0.2, -0.15) is 4.68 Å². The molecule has 0 aliphatic carbocycles. The molecule has 21 heavy (non-hydrogen) atoms. The number of aromatic nitrogens is 3. The second-order valence-electron chi connectivity index (χ2n) is 4.83. The number of nitrogens with zero attached hydrogens (tertiary/aromatic N) is 4. The fourth-order valence-corrected chi connectivity index (χ4v) is 3.10. The van der Waals surface area contributed by atoms with Crippen molar-refractivity contribution >= 4 is 21.5 Å². The summed E-state index contributed by atoms with van der Waals surface area (Å²) in [7, 11) is -1.70. The van der Waals surface area contributed by atoms with Crippen LogP contribution in [0.3, 0.4) is 0 Å². The first-order chi connectivity index (χ1) is 9.86. The van der Waals surface area contributed by atoms with Crippen LogP contribution in [0.4, 0.5) is 11.6 Å². The van der Waals surface area contributed by atoms with Gasteiger partial charge in [0.1, 0.15) is 5.82 Å². The van der Waals surface area contributed by atoms with Crippen molar-refractivity contribution in [1.29, 1.82) is 0 Å². The third-order valence-corrected chi connectivity index (χ3v) is 4.15. The molecule has 0 aliphatic rings. The van der Waals surface area contributed by atoms with E-state index in [0.717, 1.165) is 12.7 Å². The highest BCUT2D eigenvalue weighted by Crippen LogP contribution is 2.31. The standard InChI is InChI=1S/C13H19N5O2S/c1-4-9-17(2)13-11(21(3,19)20)12(14)18(16-13)10-7-5-6-8-15-10/h5-8H,4,9,14H2,1-3H3. The molecule has 2 heterocycles. The number of nitrogen functional groups attached to an aromatic ring is 1. The fraction of sp³-hybridized carbons (Fsp3) is 0.385. The molecule has 2 aromatic heterocycles. The van der Waals surface area contributed by atoms with Crippen LogP contribution in [-0.4, -0.2) is 43.0 Å². The molecule has 0 saturated carbocycles. The molecule has 2 rings (SSSR count). The lowest BCUT2D eigenvalue weighted by Crippen LogP contribution is -2.20. The fourth-order valence-electron chi connectivity index (χ4n) is 2.11. The van der Waals surface area contributed by atoms with Gasteiger partial charge in [0.2, 0.25) is 0 Å². The van der Waals surface area contributed by atoms with Crippen LogP contribution in [0.15, 0.2) is 29.3 Å². The average Bonchev–Trinajstić information content (AvgIpc) is 2.77. The number of rotatable bonds is 5. The molecule has 7 nitrogen and oxygen atoms in total. The van der Waals surface area contributed by atoms with E-state index in [0.29, 0.717) is 18.2 Å². The second-order valence-corrected chi connectivity index (χ2v) is 6.78. The first-order valence-electron chi connectivity index (χ1n) is 6.57. The van der Waals surface area contributed by atoms with E-state index in [2.05, 4.69) is 10.1 Å². The van der Waals surface area contributed by atoms with Crippen molar-refractivity contribution in [2.45, 2.75) is 18.2 Å². The normalized spacial score (nSPS) is 11.6. The molecular formula is C13H19N5O2S. The minimum atomic E-state index is -3.49. The molecule has 0 radical (unpaired) electrons. The van der Waals surface area contributed by atoms with Crippen molar-refractivity contribution < 1.29 is 8.42 Å². The maximum absolute atomic E-state index is 12.0. The summed E-state index contributed by atoms with van der Waals surface area (Å²) in [5, 5.41) is 4.34. The number of sulfone groups is 1. The summed E-state index contributed by atoms with van der Waals surface area (Å²) in [6, 6.07) is 5.28. The third kappa shape index (κ3) is 2.99. The first kappa shape index (κ1) is 15.3. The van der Waals surface area contributed by atoms with Gasteiger partial charge in [0.25, 0.3) is 0 Å². The maximum Gasteiger partial charge on any atom is 0.182 e. The lowest BCUT2D eigenvalue weighted by molar-refractivity contribution is 0.602.